The number of carbonyl (C=O) groups excluding carboxylic acids is 1. The maximum atomic E-state index is 12.0. The molecule has 0 aromatic heterocycles. The van der Waals surface area contributed by atoms with Crippen molar-refractivity contribution in [2.45, 2.75) is 43.7 Å². The van der Waals surface area contributed by atoms with Crippen LogP contribution >= 0.6 is 0 Å². The van der Waals surface area contributed by atoms with E-state index in [0.29, 0.717) is 12.0 Å². The molecule has 1 aliphatic heterocycles. The Hall–Kier alpha value is -1.86. The fraction of sp³-hybridized carbons (Fsp3) is 0.500. The van der Waals surface area contributed by atoms with Gasteiger partial charge in [0.05, 0.1) is 23.3 Å². The Balaban J connectivity index is 1.60. The molecule has 104 valence electrons. The molecule has 1 aliphatic carbocycles. The molecule has 2 fully saturated rings. The second-order valence-corrected chi connectivity index (χ2v) is 5.64. The number of nitrogens with zero attached hydrogens (tertiary/aromatic N) is 1. The molecule has 1 atom stereocenters. The van der Waals surface area contributed by atoms with Crippen LogP contribution in [0.25, 0.3) is 0 Å². The minimum absolute atomic E-state index is 0.0837. The van der Waals surface area contributed by atoms with Gasteiger partial charge in [0.1, 0.15) is 0 Å². The summed E-state index contributed by atoms with van der Waals surface area (Å²) in [5.41, 5.74) is 1.46. The van der Waals surface area contributed by atoms with Gasteiger partial charge < -0.3 is 10.1 Å². The van der Waals surface area contributed by atoms with Crippen LogP contribution in [0.3, 0.4) is 0 Å². The van der Waals surface area contributed by atoms with E-state index >= 15 is 0 Å². The molecule has 4 heteroatoms. The molecule has 1 N–H and O–H groups in total. The molecule has 3 rings (SSSR count). The number of ether oxygens (including phenoxy) is 1. The summed E-state index contributed by atoms with van der Waals surface area (Å²) >= 11 is 0. The molecular formula is C16H18N2O2. The molecule has 1 amide bonds. The molecule has 0 radical (unpaired) electrons. The molecule has 0 bridgehead atoms. The van der Waals surface area contributed by atoms with E-state index in [9.17, 15) is 4.79 Å². The maximum absolute atomic E-state index is 12.0. The molecule has 2 aliphatic rings. The largest absolute Gasteiger partial charge is 0.378 e. The average Bonchev–Trinajstić information content (AvgIpc) is 3.18. The van der Waals surface area contributed by atoms with Gasteiger partial charge in [-0.3, -0.25) is 4.79 Å². The zero-order valence-corrected chi connectivity index (χ0v) is 11.4. The summed E-state index contributed by atoms with van der Waals surface area (Å²) in [6.07, 6.45) is 4.58. The molecule has 20 heavy (non-hydrogen) atoms. The van der Waals surface area contributed by atoms with Gasteiger partial charge in [0, 0.05) is 13.0 Å². The lowest BCUT2D eigenvalue weighted by Crippen LogP contribution is -2.36. The van der Waals surface area contributed by atoms with E-state index in [1.165, 1.54) is 0 Å². The van der Waals surface area contributed by atoms with Crippen molar-refractivity contribution in [1.82, 2.24) is 5.32 Å². The summed E-state index contributed by atoms with van der Waals surface area (Å²) < 4.78 is 5.33. The predicted octanol–water partition coefficient (Wildman–Crippen LogP) is 2.23. The fourth-order valence-corrected chi connectivity index (χ4v) is 2.63. The Morgan fingerprint density at radius 2 is 2.30 bits per heavy atom. The van der Waals surface area contributed by atoms with Gasteiger partial charge in [0.25, 0.3) is 0 Å². The number of hydrogen-bond acceptors (Lipinski definition) is 3. The summed E-state index contributed by atoms with van der Waals surface area (Å²) in [7, 11) is 0. The number of rotatable bonds is 5. The lowest BCUT2D eigenvalue weighted by atomic mass is 10.0. The molecule has 0 unspecified atom stereocenters. The third kappa shape index (κ3) is 2.68. The fourth-order valence-electron chi connectivity index (χ4n) is 2.63. The first-order valence-electron chi connectivity index (χ1n) is 7.15. The van der Waals surface area contributed by atoms with Crippen molar-refractivity contribution in [1.29, 1.82) is 5.26 Å². The van der Waals surface area contributed by atoms with E-state index in [0.717, 1.165) is 37.9 Å². The Bertz CT molecular complexity index is 554. The zero-order chi connectivity index (χ0) is 14.0. The Morgan fingerprint density at radius 3 is 2.90 bits per heavy atom. The minimum Gasteiger partial charge on any atom is -0.378 e. The van der Waals surface area contributed by atoms with E-state index in [2.05, 4.69) is 11.4 Å². The van der Waals surface area contributed by atoms with Gasteiger partial charge in [-0.2, -0.15) is 5.26 Å². The highest BCUT2D eigenvalue weighted by atomic mass is 16.5. The van der Waals surface area contributed by atoms with Gasteiger partial charge in [-0.05, 0) is 43.4 Å². The number of benzene rings is 1. The van der Waals surface area contributed by atoms with E-state index < -0.39 is 0 Å². The summed E-state index contributed by atoms with van der Waals surface area (Å²) in [4.78, 5) is 12.0. The molecule has 1 aromatic carbocycles. The highest BCUT2D eigenvalue weighted by Gasteiger charge is 2.45. The average molecular weight is 270 g/mol. The quantitative estimate of drug-likeness (QED) is 0.892. The van der Waals surface area contributed by atoms with Gasteiger partial charge in [-0.15, -0.1) is 0 Å². The van der Waals surface area contributed by atoms with Crippen molar-refractivity contribution in [2.24, 2.45) is 0 Å². The van der Waals surface area contributed by atoms with Crippen LogP contribution in [0.5, 0.6) is 0 Å². The minimum atomic E-state index is -0.232. The van der Waals surface area contributed by atoms with Crippen LogP contribution in [0.2, 0.25) is 0 Å². The summed E-state index contributed by atoms with van der Waals surface area (Å²) in [5, 5.41) is 12.1. The van der Waals surface area contributed by atoms with E-state index in [1.807, 2.05) is 18.2 Å². The van der Waals surface area contributed by atoms with E-state index in [-0.39, 0.29) is 17.6 Å². The van der Waals surface area contributed by atoms with Crippen LogP contribution in [0, 0.1) is 11.3 Å². The normalized spacial score (nSPS) is 22.4. The monoisotopic (exact) mass is 270 g/mol. The first-order chi connectivity index (χ1) is 9.72. The number of hydrogen-bond donors (Lipinski definition) is 1. The molecule has 1 saturated carbocycles. The first kappa shape index (κ1) is 13.1. The maximum Gasteiger partial charge on any atom is 0.220 e. The van der Waals surface area contributed by atoms with E-state index in [4.69, 9.17) is 10.00 Å². The van der Waals surface area contributed by atoms with Crippen molar-refractivity contribution in [3.8, 4) is 6.07 Å². The van der Waals surface area contributed by atoms with Crippen molar-refractivity contribution in [3.63, 3.8) is 0 Å². The topological polar surface area (TPSA) is 62.1 Å². The van der Waals surface area contributed by atoms with Crippen molar-refractivity contribution >= 4 is 5.91 Å². The lowest BCUT2D eigenvalue weighted by Gasteiger charge is -2.26. The SMILES string of the molecule is N#Cc1cccc(C2(NC(=O)CC[C@H]3CCO3)CC2)c1. The van der Waals surface area contributed by atoms with E-state index in [1.54, 1.807) is 6.07 Å². The van der Waals surface area contributed by atoms with Crippen LogP contribution in [0.4, 0.5) is 0 Å². The highest BCUT2D eigenvalue weighted by Crippen LogP contribution is 2.45. The van der Waals surface area contributed by atoms with Crippen LogP contribution in [-0.2, 0) is 15.1 Å². The number of amides is 1. The summed E-state index contributed by atoms with van der Waals surface area (Å²) in [6.45, 7) is 0.831. The van der Waals surface area contributed by atoms with Gasteiger partial charge in [-0.25, -0.2) is 0 Å². The Kier molecular flexibility index (Phi) is 3.45. The Morgan fingerprint density at radius 1 is 1.50 bits per heavy atom. The second-order valence-electron chi connectivity index (χ2n) is 5.64. The van der Waals surface area contributed by atoms with Crippen molar-refractivity contribution in [3.05, 3.63) is 35.4 Å². The molecule has 1 heterocycles. The third-order valence-electron chi connectivity index (χ3n) is 4.16. The first-order valence-corrected chi connectivity index (χ1v) is 7.15. The highest BCUT2D eigenvalue weighted by molar-refractivity contribution is 5.77. The van der Waals surface area contributed by atoms with Gasteiger partial charge in [-0.1, -0.05) is 12.1 Å². The molecule has 1 aromatic rings. The molecule has 1 saturated heterocycles. The smallest absolute Gasteiger partial charge is 0.220 e. The van der Waals surface area contributed by atoms with Gasteiger partial charge >= 0.3 is 0 Å². The standard InChI is InChI=1S/C16H18N2O2/c17-11-12-2-1-3-13(10-12)16(7-8-16)18-15(19)5-4-14-6-9-20-14/h1-3,10,14H,4-9H2,(H,18,19)/t14-/m0/s1. The molecule has 4 nitrogen and oxygen atoms in total. The van der Waals surface area contributed by atoms with Gasteiger partial charge in [0.15, 0.2) is 0 Å². The summed E-state index contributed by atoms with van der Waals surface area (Å²) in [5.74, 6) is 0.0837. The van der Waals surface area contributed by atoms with Crippen LogP contribution in [0.1, 0.15) is 43.2 Å². The van der Waals surface area contributed by atoms with Crippen LogP contribution in [-0.4, -0.2) is 18.6 Å². The number of carbonyl (C=O) groups is 1. The molecule has 0 spiro atoms. The third-order valence-corrected chi connectivity index (χ3v) is 4.16. The Labute approximate surface area is 118 Å². The second kappa shape index (κ2) is 5.26. The predicted molar refractivity (Wildman–Crippen MR) is 73.8 cm³/mol. The number of nitrogens with one attached hydrogen (secondary N) is 1. The van der Waals surface area contributed by atoms with Crippen molar-refractivity contribution in [2.75, 3.05) is 6.61 Å². The van der Waals surface area contributed by atoms with Crippen LogP contribution in [0.15, 0.2) is 24.3 Å². The molecular weight excluding hydrogens is 252 g/mol. The summed E-state index contributed by atoms with van der Waals surface area (Å²) in [6, 6.07) is 9.68. The zero-order valence-electron chi connectivity index (χ0n) is 11.4. The lowest BCUT2D eigenvalue weighted by molar-refractivity contribution is -0.124. The van der Waals surface area contributed by atoms with Crippen molar-refractivity contribution < 1.29 is 9.53 Å². The van der Waals surface area contributed by atoms with Crippen LogP contribution < -0.4 is 5.32 Å². The van der Waals surface area contributed by atoms with Gasteiger partial charge in [0.2, 0.25) is 5.91 Å². The number of nitriles is 1.